The summed E-state index contributed by atoms with van der Waals surface area (Å²) in [6, 6.07) is 0. The second kappa shape index (κ2) is 2.93. The summed E-state index contributed by atoms with van der Waals surface area (Å²) in [5.74, 6) is -3.97. The van der Waals surface area contributed by atoms with Gasteiger partial charge in [0.1, 0.15) is 40.2 Å². The van der Waals surface area contributed by atoms with Crippen molar-refractivity contribution < 1.29 is 22.0 Å². The van der Waals surface area contributed by atoms with Crippen molar-refractivity contribution in [2.45, 2.75) is 28.7 Å². The normalized spacial score (nSPS) is 60.8. The molecule has 5 unspecified atom stereocenters. The van der Waals surface area contributed by atoms with E-state index in [-0.39, 0.29) is 0 Å². The Morgan fingerprint density at radius 2 is 1.40 bits per heavy atom. The lowest BCUT2D eigenvalue weighted by molar-refractivity contribution is -0.0632. The van der Waals surface area contributed by atoms with Crippen LogP contribution in [0.2, 0.25) is 0 Å². The molecule has 0 aliphatic heterocycles. The molecule has 1 aliphatic carbocycles. The topological polar surface area (TPSA) is 12.0 Å². The molecule has 0 aromatic carbocycles. The second-order valence-corrected chi connectivity index (χ2v) is 3.52. The third-order valence-corrected chi connectivity index (χ3v) is 2.67. The van der Waals surface area contributed by atoms with E-state index in [1.807, 2.05) is 0 Å². The summed E-state index contributed by atoms with van der Waals surface area (Å²) in [6.07, 6.45) is -3.45. The fourth-order valence-corrected chi connectivity index (χ4v) is 1.58. The molecule has 0 heterocycles. The van der Waals surface area contributed by atoms with Crippen molar-refractivity contribution in [2.24, 2.45) is 0 Å². The highest BCUT2D eigenvalue weighted by Crippen LogP contribution is 2.56. The number of hydrogen-bond donors (Lipinski definition) is 1. The van der Waals surface area contributed by atoms with Crippen molar-refractivity contribution in [1.82, 2.24) is 5.32 Å². The molecule has 5 atom stereocenters. The summed E-state index contributed by atoms with van der Waals surface area (Å²) in [5, 5.41) is 1.38. The standard InChI is InChI=1S/C6H5B3F5N/c1-15-6(14)4(8,12)2(10)3(7,11)5(6,9)13/h2,15H,1H3. The Kier molecular flexibility index (Phi) is 2.51. The van der Waals surface area contributed by atoms with Gasteiger partial charge in [0.25, 0.3) is 0 Å². The zero-order valence-corrected chi connectivity index (χ0v) is 7.70. The van der Waals surface area contributed by atoms with E-state index in [1.54, 1.807) is 0 Å². The molecule has 1 fully saturated rings. The molecule has 6 radical (unpaired) electrons. The molecule has 0 spiro atoms. The van der Waals surface area contributed by atoms with Crippen LogP contribution >= 0.6 is 0 Å². The summed E-state index contributed by atoms with van der Waals surface area (Å²) in [7, 11) is 14.3. The van der Waals surface area contributed by atoms with Gasteiger partial charge in [-0.3, -0.25) is 5.32 Å². The molecule has 0 bridgehead atoms. The molecular weight excluding hydrogens is 213 g/mol. The van der Waals surface area contributed by atoms with Gasteiger partial charge >= 0.3 is 0 Å². The molecule has 0 aromatic rings. The van der Waals surface area contributed by atoms with E-state index < -0.39 is 28.7 Å². The molecule has 78 valence electrons. The molecule has 1 aliphatic rings. The Bertz CT molecular complexity index is 284. The van der Waals surface area contributed by atoms with Crippen molar-refractivity contribution in [3.63, 3.8) is 0 Å². The van der Waals surface area contributed by atoms with Crippen LogP contribution in [0.1, 0.15) is 0 Å². The number of rotatable bonds is 1. The van der Waals surface area contributed by atoms with E-state index in [1.165, 1.54) is 5.32 Å². The Balaban J connectivity index is 3.42. The molecular formula is C6H5B3F5N. The van der Waals surface area contributed by atoms with Crippen LogP contribution in [0.15, 0.2) is 0 Å². The van der Waals surface area contributed by atoms with Crippen molar-refractivity contribution in [3.8, 4) is 0 Å². The zero-order valence-electron chi connectivity index (χ0n) is 7.70. The number of halogens is 5. The van der Waals surface area contributed by atoms with Crippen molar-refractivity contribution in [3.05, 3.63) is 0 Å². The quantitative estimate of drug-likeness (QED) is 0.363. The largest absolute Gasteiger partial charge is 0.284 e. The van der Waals surface area contributed by atoms with Crippen molar-refractivity contribution >= 4 is 23.5 Å². The van der Waals surface area contributed by atoms with E-state index in [2.05, 4.69) is 23.5 Å². The third kappa shape index (κ3) is 1.10. The summed E-state index contributed by atoms with van der Waals surface area (Å²) in [5.41, 5.74) is -12.2. The van der Waals surface area contributed by atoms with Gasteiger partial charge in [0.15, 0.2) is 6.17 Å². The Morgan fingerprint density at radius 1 is 1.00 bits per heavy atom. The summed E-state index contributed by atoms with van der Waals surface area (Å²) in [6.45, 7) is 0. The average molecular weight is 219 g/mol. The first-order valence-corrected chi connectivity index (χ1v) is 3.92. The van der Waals surface area contributed by atoms with Gasteiger partial charge in [-0.15, -0.1) is 0 Å². The first-order valence-electron chi connectivity index (χ1n) is 3.92. The van der Waals surface area contributed by atoms with E-state index in [0.29, 0.717) is 7.05 Å². The van der Waals surface area contributed by atoms with E-state index in [0.717, 1.165) is 0 Å². The van der Waals surface area contributed by atoms with Crippen molar-refractivity contribution in [1.29, 1.82) is 0 Å². The molecule has 1 saturated carbocycles. The lowest BCUT2D eigenvalue weighted by atomic mass is 9.61. The zero-order chi connectivity index (χ0) is 12.3. The predicted molar refractivity (Wildman–Crippen MR) is 46.6 cm³/mol. The van der Waals surface area contributed by atoms with Gasteiger partial charge in [0, 0.05) is 0 Å². The highest BCUT2D eigenvalue weighted by atomic mass is 19.2. The SMILES string of the molecule is [B]C1(F)C(F)C([B])(F)C(F)(NC)C1([B])F. The lowest BCUT2D eigenvalue weighted by Gasteiger charge is -2.38. The van der Waals surface area contributed by atoms with Crippen LogP contribution in [0.25, 0.3) is 0 Å². The van der Waals surface area contributed by atoms with Gasteiger partial charge < -0.3 is 0 Å². The molecule has 15 heavy (non-hydrogen) atoms. The van der Waals surface area contributed by atoms with Crippen LogP contribution in [0.5, 0.6) is 0 Å². The maximum atomic E-state index is 13.7. The first kappa shape index (κ1) is 12.9. The number of alkyl halides is 5. The van der Waals surface area contributed by atoms with Gasteiger partial charge in [0.2, 0.25) is 5.79 Å². The average Bonchev–Trinajstić information content (AvgIpc) is 2.18. The van der Waals surface area contributed by atoms with Crippen LogP contribution in [0.4, 0.5) is 22.0 Å². The number of nitrogens with one attached hydrogen (secondary N) is 1. The molecule has 9 heteroatoms. The van der Waals surface area contributed by atoms with Crippen LogP contribution in [0, 0.1) is 0 Å². The maximum Gasteiger partial charge on any atom is 0.217 e. The van der Waals surface area contributed by atoms with Crippen LogP contribution in [0.3, 0.4) is 0 Å². The summed E-state index contributed by atoms with van der Waals surface area (Å²) >= 11 is 0. The second-order valence-electron chi connectivity index (χ2n) is 3.52. The Hall–Kier alpha value is -0.195. The van der Waals surface area contributed by atoms with Gasteiger partial charge in [0.05, 0.1) is 0 Å². The van der Waals surface area contributed by atoms with E-state index in [4.69, 9.17) is 0 Å². The lowest BCUT2D eigenvalue weighted by Crippen LogP contribution is -2.67. The molecule has 1 N–H and O–H groups in total. The van der Waals surface area contributed by atoms with Gasteiger partial charge in [-0.05, 0) is 7.05 Å². The summed E-state index contributed by atoms with van der Waals surface area (Å²) < 4.78 is 66.8. The van der Waals surface area contributed by atoms with E-state index >= 15 is 0 Å². The molecule has 0 saturated heterocycles. The maximum absolute atomic E-state index is 13.7. The molecule has 0 amide bonds. The minimum absolute atomic E-state index is 0.705. The smallest absolute Gasteiger partial charge is 0.217 e. The van der Waals surface area contributed by atoms with Crippen LogP contribution in [-0.4, -0.2) is 59.3 Å². The third-order valence-electron chi connectivity index (χ3n) is 2.67. The van der Waals surface area contributed by atoms with Gasteiger partial charge in [-0.25, -0.2) is 22.0 Å². The highest BCUT2D eigenvalue weighted by molar-refractivity contribution is 6.30. The fraction of sp³-hybridized carbons (Fsp3) is 1.00. The van der Waals surface area contributed by atoms with Crippen LogP contribution < -0.4 is 5.32 Å². The fourth-order valence-electron chi connectivity index (χ4n) is 1.58. The minimum atomic E-state index is -4.14. The molecule has 1 nitrogen and oxygen atoms in total. The summed E-state index contributed by atoms with van der Waals surface area (Å²) in [4.78, 5) is 0. The van der Waals surface area contributed by atoms with Crippen molar-refractivity contribution in [2.75, 3.05) is 7.05 Å². The Morgan fingerprint density at radius 3 is 1.53 bits per heavy atom. The molecule has 1 rings (SSSR count). The first-order chi connectivity index (χ1) is 6.47. The number of hydrogen-bond acceptors (Lipinski definition) is 1. The van der Waals surface area contributed by atoms with Gasteiger partial charge in [-0.1, -0.05) is 0 Å². The van der Waals surface area contributed by atoms with E-state index in [9.17, 15) is 22.0 Å². The monoisotopic (exact) mass is 219 g/mol. The minimum Gasteiger partial charge on any atom is -0.284 e. The Labute approximate surface area is 87.4 Å². The van der Waals surface area contributed by atoms with Crippen LogP contribution in [-0.2, 0) is 0 Å². The predicted octanol–water partition coefficient (Wildman–Crippen LogP) is -0.274. The highest BCUT2D eigenvalue weighted by Gasteiger charge is 2.81. The van der Waals surface area contributed by atoms with Gasteiger partial charge in [-0.2, -0.15) is 0 Å². The molecule has 0 aromatic heterocycles.